The minimum atomic E-state index is -0.149. The number of hydrogen-bond donors (Lipinski definition) is 1. The quantitative estimate of drug-likeness (QED) is 0.725. The van der Waals surface area contributed by atoms with Crippen molar-refractivity contribution in [2.75, 3.05) is 0 Å². The highest BCUT2D eigenvalue weighted by molar-refractivity contribution is 7.98. The van der Waals surface area contributed by atoms with E-state index in [2.05, 4.69) is 20.3 Å². The standard InChI is InChI=1S/C12H11N5O2S2/c18-11-14-15-12(17(11)8-1-2-8)21-6-9-13-10(16-19-9)7-3-4-20-5-7/h3-5,8H,1-2,6H2,(H,14,18). The summed E-state index contributed by atoms with van der Waals surface area (Å²) in [6.07, 6.45) is 2.08. The summed E-state index contributed by atoms with van der Waals surface area (Å²) in [5.74, 6) is 1.61. The van der Waals surface area contributed by atoms with Crippen molar-refractivity contribution in [3.8, 4) is 11.4 Å². The first-order chi connectivity index (χ1) is 10.3. The topological polar surface area (TPSA) is 89.6 Å². The van der Waals surface area contributed by atoms with Crippen molar-refractivity contribution in [2.45, 2.75) is 29.8 Å². The average Bonchev–Trinajstić information content (AvgIpc) is 2.94. The number of aromatic amines is 1. The van der Waals surface area contributed by atoms with Crippen LogP contribution in [0.25, 0.3) is 11.4 Å². The van der Waals surface area contributed by atoms with Crippen LogP contribution in [0.4, 0.5) is 0 Å². The van der Waals surface area contributed by atoms with Crippen LogP contribution < -0.4 is 5.69 Å². The number of nitrogens with zero attached hydrogens (tertiary/aromatic N) is 4. The molecule has 0 radical (unpaired) electrons. The van der Waals surface area contributed by atoms with E-state index in [0.717, 1.165) is 18.4 Å². The van der Waals surface area contributed by atoms with Gasteiger partial charge in [-0.3, -0.25) is 4.57 Å². The molecular formula is C12H11N5O2S2. The van der Waals surface area contributed by atoms with Gasteiger partial charge in [0.2, 0.25) is 11.7 Å². The lowest BCUT2D eigenvalue weighted by atomic mass is 10.3. The maximum Gasteiger partial charge on any atom is 0.344 e. The summed E-state index contributed by atoms with van der Waals surface area (Å²) in [5, 5.41) is 15.1. The summed E-state index contributed by atoms with van der Waals surface area (Å²) < 4.78 is 6.94. The van der Waals surface area contributed by atoms with E-state index < -0.39 is 0 Å². The maximum atomic E-state index is 11.7. The first-order valence-electron chi connectivity index (χ1n) is 6.46. The zero-order valence-corrected chi connectivity index (χ0v) is 12.5. The third-order valence-corrected chi connectivity index (χ3v) is 4.78. The van der Waals surface area contributed by atoms with Gasteiger partial charge in [0, 0.05) is 17.0 Å². The number of aromatic nitrogens is 5. The first-order valence-corrected chi connectivity index (χ1v) is 8.39. The second kappa shape index (κ2) is 5.15. The van der Waals surface area contributed by atoms with Crippen molar-refractivity contribution >= 4 is 23.1 Å². The summed E-state index contributed by atoms with van der Waals surface area (Å²) in [6, 6.07) is 2.24. The lowest BCUT2D eigenvalue weighted by Crippen LogP contribution is -2.16. The molecule has 3 aromatic rings. The summed E-state index contributed by atoms with van der Waals surface area (Å²) in [4.78, 5) is 16.0. The number of hydrogen-bond acceptors (Lipinski definition) is 7. The maximum absolute atomic E-state index is 11.7. The molecule has 0 aromatic carbocycles. The molecule has 0 atom stereocenters. The van der Waals surface area contributed by atoms with Crippen molar-refractivity contribution < 1.29 is 4.52 Å². The second-order valence-electron chi connectivity index (χ2n) is 4.72. The zero-order valence-electron chi connectivity index (χ0n) is 10.9. The summed E-state index contributed by atoms with van der Waals surface area (Å²) in [6.45, 7) is 0. The molecule has 0 bridgehead atoms. The monoisotopic (exact) mass is 321 g/mol. The average molecular weight is 321 g/mol. The molecule has 0 aliphatic heterocycles. The van der Waals surface area contributed by atoms with Crippen LogP contribution in [0.3, 0.4) is 0 Å². The first kappa shape index (κ1) is 12.8. The predicted molar refractivity (Wildman–Crippen MR) is 78.3 cm³/mol. The molecule has 0 amide bonds. The van der Waals surface area contributed by atoms with Gasteiger partial charge in [0.05, 0.1) is 5.75 Å². The van der Waals surface area contributed by atoms with Gasteiger partial charge >= 0.3 is 5.69 Å². The molecule has 1 fully saturated rings. The zero-order chi connectivity index (χ0) is 14.2. The number of H-pyrrole nitrogens is 1. The molecule has 0 spiro atoms. The van der Waals surface area contributed by atoms with E-state index in [1.807, 2.05) is 16.8 Å². The van der Waals surface area contributed by atoms with E-state index in [-0.39, 0.29) is 5.69 Å². The number of thiophene rings is 1. The Kier molecular flexibility index (Phi) is 3.15. The van der Waals surface area contributed by atoms with Gasteiger partial charge in [-0.15, -0.1) is 5.10 Å². The summed E-state index contributed by atoms with van der Waals surface area (Å²) in [7, 11) is 0. The molecule has 108 valence electrons. The lowest BCUT2D eigenvalue weighted by molar-refractivity contribution is 0.391. The molecule has 1 N–H and O–H groups in total. The highest BCUT2D eigenvalue weighted by atomic mass is 32.2. The smallest absolute Gasteiger partial charge is 0.338 e. The Morgan fingerprint density at radius 2 is 2.43 bits per heavy atom. The van der Waals surface area contributed by atoms with Gasteiger partial charge < -0.3 is 4.52 Å². The molecule has 1 aliphatic carbocycles. The fraction of sp³-hybridized carbons (Fsp3) is 0.333. The van der Waals surface area contributed by atoms with Gasteiger partial charge in [0.25, 0.3) is 0 Å². The van der Waals surface area contributed by atoms with Gasteiger partial charge in [-0.05, 0) is 24.3 Å². The Bertz CT molecular complexity index is 800. The van der Waals surface area contributed by atoms with Crippen molar-refractivity contribution in [1.82, 2.24) is 24.9 Å². The fourth-order valence-corrected chi connectivity index (χ4v) is 3.48. The van der Waals surface area contributed by atoms with E-state index in [0.29, 0.717) is 28.7 Å². The SMILES string of the molecule is O=c1[nH]nc(SCc2nc(-c3ccsc3)no2)n1C1CC1. The van der Waals surface area contributed by atoms with Crippen LogP contribution in [0.1, 0.15) is 24.8 Å². The Balaban J connectivity index is 1.49. The Morgan fingerprint density at radius 3 is 3.19 bits per heavy atom. The van der Waals surface area contributed by atoms with Crippen LogP contribution in [-0.2, 0) is 5.75 Å². The molecule has 1 saturated carbocycles. The Morgan fingerprint density at radius 1 is 1.52 bits per heavy atom. The Labute approximate surface area is 127 Å². The third kappa shape index (κ3) is 2.54. The van der Waals surface area contributed by atoms with E-state index in [9.17, 15) is 4.79 Å². The highest BCUT2D eigenvalue weighted by Crippen LogP contribution is 2.36. The normalized spacial score (nSPS) is 14.7. The van der Waals surface area contributed by atoms with Crippen LogP contribution in [0.15, 0.2) is 31.3 Å². The van der Waals surface area contributed by atoms with Crippen LogP contribution in [0.5, 0.6) is 0 Å². The predicted octanol–water partition coefficient (Wildman–Crippen LogP) is 2.31. The van der Waals surface area contributed by atoms with E-state index in [4.69, 9.17) is 4.52 Å². The van der Waals surface area contributed by atoms with Gasteiger partial charge in [0.1, 0.15) is 0 Å². The summed E-state index contributed by atoms with van der Waals surface area (Å²) in [5.41, 5.74) is 0.805. The van der Waals surface area contributed by atoms with Gasteiger partial charge in [0.15, 0.2) is 5.16 Å². The third-order valence-electron chi connectivity index (χ3n) is 3.16. The molecule has 9 heteroatoms. The molecule has 1 aliphatic rings. The highest BCUT2D eigenvalue weighted by Gasteiger charge is 2.28. The van der Waals surface area contributed by atoms with Gasteiger partial charge in [-0.1, -0.05) is 16.9 Å². The van der Waals surface area contributed by atoms with Crippen molar-refractivity contribution in [1.29, 1.82) is 0 Å². The van der Waals surface area contributed by atoms with Gasteiger partial charge in [-0.25, -0.2) is 9.89 Å². The molecule has 3 heterocycles. The molecular weight excluding hydrogens is 310 g/mol. The molecule has 3 aromatic heterocycles. The molecule has 4 rings (SSSR count). The Hall–Kier alpha value is -1.87. The van der Waals surface area contributed by atoms with Gasteiger partial charge in [-0.2, -0.15) is 16.3 Å². The van der Waals surface area contributed by atoms with Crippen LogP contribution in [0, 0.1) is 0 Å². The van der Waals surface area contributed by atoms with E-state index >= 15 is 0 Å². The van der Waals surface area contributed by atoms with Crippen molar-refractivity contribution in [3.05, 3.63) is 33.2 Å². The molecule has 7 nitrogen and oxygen atoms in total. The number of rotatable bonds is 5. The molecule has 21 heavy (non-hydrogen) atoms. The van der Waals surface area contributed by atoms with Crippen LogP contribution in [0.2, 0.25) is 0 Å². The number of nitrogens with one attached hydrogen (secondary N) is 1. The van der Waals surface area contributed by atoms with Crippen LogP contribution >= 0.6 is 23.1 Å². The minimum absolute atomic E-state index is 0.149. The van der Waals surface area contributed by atoms with E-state index in [1.54, 1.807) is 15.9 Å². The minimum Gasteiger partial charge on any atom is -0.338 e. The molecule has 0 saturated heterocycles. The largest absolute Gasteiger partial charge is 0.344 e. The van der Waals surface area contributed by atoms with Crippen molar-refractivity contribution in [3.63, 3.8) is 0 Å². The lowest BCUT2D eigenvalue weighted by Gasteiger charge is -2.00. The molecule has 0 unspecified atom stereocenters. The van der Waals surface area contributed by atoms with Crippen LogP contribution in [-0.4, -0.2) is 24.9 Å². The second-order valence-corrected chi connectivity index (χ2v) is 6.45. The van der Waals surface area contributed by atoms with Crippen molar-refractivity contribution in [2.24, 2.45) is 0 Å². The number of thioether (sulfide) groups is 1. The van der Waals surface area contributed by atoms with E-state index in [1.165, 1.54) is 11.8 Å². The fourth-order valence-electron chi connectivity index (χ4n) is 2.00. The summed E-state index contributed by atoms with van der Waals surface area (Å²) >= 11 is 3.02.